The number of pyridine rings is 1. The first-order chi connectivity index (χ1) is 20.0. The Morgan fingerprint density at radius 3 is 2.61 bits per heavy atom. The van der Waals surface area contributed by atoms with Gasteiger partial charge in [-0.15, -0.1) is 0 Å². The molecule has 2 aromatic carbocycles. The molecule has 2 aliphatic rings. The molecule has 5 rings (SSSR count). The second-order valence-corrected chi connectivity index (χ2v) is 10.2. The molecule has 2 N–H and O–H groups in total. The smallest absolute Gasteiger partial charge is 0.261 e. The van der Waals surface area contributed by atoms with Crippen LogP contribution in [-0.4, -0.2) is 73.3 Å². The third-order valence-electron chi connectivity index (χ3n) is 7.21. The first-order valence-electron chi connectivity index (χ1n) is 13.9. The van der Waals surface area contributed by atoms with E-state index in [9.17, 15) is 14.4 Å². The summed E-state index contributed by atoms with van der Waals surface area (Å²) < 4.78 is 1.98. The number of rotatable bonds is 10. The lowest BCUT2D eigenvalue weighted by molar-refractivity contribution is -0.492. The number of carbonyl (C=O) groups is 3. The van der Waals surface area contributed by atoms with Crippen LogP contribution < -0.4 is 20.4 Å². The van der Waals surface area contributed by atoms with Crippen molar-refractivity contribution in [1.29, 1.82) is 0 Å². The zero-order valence-corrected chi connectivity index (χ0v) is 23.3. The molecule has 0 saturated heterocycles. The van der Waals surface area contributed by atoms with Crippen LogP contribution in [0.4, 0.5) is 17.1 Å². The van der Waals surface area contributed by atoms with Crippen LogP contribution >= 0.6 is 0 Å². The Balaban J connectivity index is 1.34. The highest BCUT2D eigenvalue weighted by Gasteiger charge is 2.33. The summed E-state index contributed by atoms with van der Waals surface area (Å²) in [6.45, 7) is 1.96. The number of hydrogen-bond donors (Lipinski definition) is 2. The van der Waals surface area contributed by atoms with Gasteiger partial charge in [0.15, 0.2) is 6.21 Å². The zero-order valence-electron chi connectivity index (χ0n) is 23.3. The van der Waals surface area contributed by atoms with Gasteiger partial charge in [-0.05, 0) is 48.9 Å². The van der Waals surface area contributed by atoms with Crippen molar-refractivity contribution in [2.24, 2.45) is 0 Å². The van der Waals surface area contributed by atoms with E-state index in [0.29, 0.717) is 42.1 Å². The van der Waals surface area contributed by atoms with Gasteiger partial charge in [-0.3, -0.25) is 24.3 Å². The van der Waals surface area contributed by atoms with Crippen LogP contribution in [-0.2, 0) is 27.2 Å². The average Bonchev–Trinajstić information content (AvgIpc) is 2.99. The maximum Gasteiger partial charge on any atom is 0.261 e. The molecule has 0 aliphatic carbocycles. The maximum absolute atomic E-state index is 13.4. The van der Waals surface area contributed by atoms with Crippen molar-refractivity contribution in [2.45, 2.75) is 19.3 Å². The Bertz CT molecular complexity index is 1470. The lowest BCUT2D eigenvalue weighted by atomic mass is 10.1. The Labute approximate surface area is 240 Å². The number of aromatic nitrogens is 1. The van der Waals surface area contributed by atoms with E-state index in [1.54, 1.807) is 29.3 Å². The Kier molecular flexibility index (Phi) is 8.95. The van der Waals surface area contributed by atoms with E-state index in [1.807, 2.05) is 60.3 Å². The normalized spacial score (nSPS) is 14.7. The lowest BCUT2D eigenvalue weighted by Gasteiger charge is -2.36. The summed E-state index contributed by atoms with van der Waals surface area (Å²) in [6, 6.07) is 21.1. The van der Waals surface area contributed by atoms with Gasteiger partial charge in [-0.1, -0.05) is 42.5 Å². The molecule has 0 saturated carbocycles. The molecule has 0 unspecified atom stereocenters. The molecule has 0 radical (unpaired) electrons. The number of benzene rings is 2. The highest BCUT2D eigenvalue weighted by Crippen LogP contribution is 2.36. The van der Waals surface area contributed by atoms with Crippen molar-refractivity contribution >= 4 is 41.0 Å². The Hall–Kier alpha value is -4.63. The summed E-state index contributed by atoms with van der Waals surface area (Å²) in [7, 11) is 1.94. The molecule has 0 bridgehead atoms. The van der Waals surface area contributed by atoms with E-state index >= 15 is 0 Å². The summed E-state index contributed by atoms with van der Waals surface area (Å²) in [5.41, 5.74) is 4.46. The standard InChI is InChI=1S/C32H34N6O3/c1-36-18-7-10-25(22-36)32(41)35-27-12-13-28-29(20-27)38(30(39)21-33-17-14-24-8-3-2-4-9-24)23-31(40)37(28)19-15-26-11-5-6-16-34-26/h2-6,8-13,16,20,22,33H,7,14-15,17-19,21,23H2,1H3/p+1. The maximum atomic E-state index is 13.4. The first kappa shape index (κ1) is 27.9. The molecular weight excluding hydrogens is 516 g/mol. The minimum atomic E-state index is -0.212. The molecule has 9 heteroatoms. The van der Waals surface area contributed by atoms with Gasteiger partial charge >= 0.3 is 0 Å². The van der Waals surface area contributed by atoms with Crippen LogP contribution in [0.2, 0.25) is 0 Å². The Morgan fingerprint density at radius 1 is 1.00 bits per heavy atom. The number of amides is 3. The number of carbonyl (C=O) groups excluding carboxylic acids is 3. The van der Waals surface area contributed by atoms with Gasteiger partial charge in [0.2, 0.25) is 11.8 Å². The molecule has 3 amide bonds. The van der Waals surface area contributed by atoms with E-state index in [0.717, 1.165) is 25.1 Å². The average molecular weight is 552 g/mol. The topological polar surface area (TPSA) is 97.7 Å². The van der Waals surface area contributed by atoms with Gasteiger partial charge in [-0.2, -0.15) is 0 Å². The van der Waals surface area contributed by atoms with Crippen LogP contribution in [0.5, 0.6) is 0 Å². The fraction of sp³-hybridized carbons (Fsp3) is 0.281. The fourth-order valence-electron chi connectivity index (χ4n) is 5.03. The highest BCUT2D eigenvalue weighted by molar-refractivity contribution is 6.17. The second-order valence-electron chi connectivity index (χ2n) is 10.2. The summed E-state index contributed by atoms with van der Waals surface area (Å²) in [4.78, 5) is 47.3. The van der Waals surface area contributed by atoms with E-state index in [4.69, 9.17) is 0 Å². The van der Waals surface area contributed by atoms with Crippen molar-refractivity contribution in [2.75, 3.05) is 54.9 Å². The van der Waals surface area contributed by atoms with Crippen LogP contribution in [0, 0.1) is 0 Å². The zero-order chi connectivity index (χ0) is 28.6. The lowest BCUT2D eigenvalue weighted by Crippen LogP contribution is -2.50. The van der Waals surface area contributed by atoms with Crippen molar-refractivity contribution in [3.8, 4) is 0 Å². The monoisotopic (exact) mass is 551 g/mol. The SMILES string of the molecule is C[N+]1=CC(C(=O)Nc2ccc3c(c2)N(C(=O)CNCCc2ccccc2)CC(=O)N3CCc2ccccn2)=CCC1. The van der Waals surface area contributed by atoms with Crippen molar-refractivity contribution in [3.63, 3.8) is 0 Å². The molecule has 3 heterocycles. The van der Waals surface area contributed by atoms with Gasteiger partial charge in [0.05, 0.1) is 23.5 Å². The molecule has 3 aromatic rings. The number of nitrogens with one attached hydrogen (secondary N) is 2. The predicted octanol–water partition coefficient (Wildman–Crippen LogP) is 2.82. The van der Waals surface area contributed by atoms with Crippen LogP contribution in [0.25, 0.3) is 0 Å². The predicted molar refractivity (Wildman–Crippen MR) is 161 cm³/mol. The van der Waals surface area contributed by atoms with Crippen molar-refractivity contribution in [1.82, 2.24) is 10.3 Å². The molecule has 1 aromatic heterocycles. The van der Waals surface area contributed by atoms with Crippen LogP contribution in [0.15, 0.2) is 84.6 Å². The van der Waals surface area contributed by atoms with Gasteiger partial charge in [0, 0.05) is 37.0 Å². The highest BCUT2D eigenvalue weighted by atomic mass is 16.2. The van der Waals surface area contributed by atoms with Crippen LogP contribution in [0.3, 0.4) is 0 Å². The summed E-state index contributed by atoms with van der Waals surface area (Å²) in [6.07, 6.45) is 7.65. The van der Waals surface area contributed by atoms with E-state index < -0.39 is 0 Å². The van der Waals surface area contributed by atoms with Crippen LogP contribution in [0.1, 0.15) is 17.7 Å². The van der Waals surface area contributed by atoms with Gasteiger partial charge in [0.25, 0.3) is 5.91 Å². The number of anilines is 3. The number of fused-ring (bicyclic) bond motifs is 1. The summed E-state index contributed by atoms with van der Waals surface area (Å²) in [5.74, 6) is -0.575. The van der Waals surface area contributed by atoms with Gasteiger partial charge in [-0.25, -0.2) is 4.58 Å². The van der Waals surface area contributed by atoms with Gasteiger partial charge < -0.3 is 15.5 Å². The molecule has 2 aliphatic heterocycles. The van der Waals surface area contributed by atoms with E-state index in [2.05, 4.69) is 27.8 Å². The Morgan fingerprint density at radius 2 is 1.83 bits per heavy atom. The van der Waals surface area contributed by atoms with E-state index in [1.165, 1.54) is 10.5 Å². The molecule has 0 fully saturated rings. The number of hydrogen-bond acceptors (Lipinski definition) is 5. The molecule has 0 spiro atoms. The molecule has 9 nitrogen and oxygen atoms in total. The quantitative estimate of drug-likeness (QED) is 0.298. The summed E-state index contributed by atoms with van der Waals surface area (Å²) in [5, 5.41) is 6.18. The minimum Gasteiger partial charge on any atom is -0.322 e. The molecule has 41 heavy (non-hydrogen) atoms. The number of nitrogens with zero attached hydrogens (tertiary/aromatic N) is 4. The van der Waals surface area contributed by atoms with E-state index in [-0.39, 0.29) is 30.8 Å². The summed E-state index contributed by atoms with van der Waals surface area (Å²) >= 11 is 0. The van der Waals surface area contributed by atoms with Crippen molar-refractivity contribution < 1.29 is 19.0 Å². The third-order valence-corrected chi connectivity index (χ3v) is 7.21. The largest absolute Gasteiger partial charge is 0.322 e. The van der Waals surface area contributed by atoms with Crippen molar-refractivity contribution in [3.05, 3.63) is 95.8 Å². The molecule has 0 atom stereocenters. The first-order valence-corrected chi connectivity index (χ1v) is 13.9. The molecular formula is C32H35N6O3+. The second kappa shape index (κ2) is 13.1. The minimum absolute atomic E-state index is 0.0739. The fourth-order valence-corrected chi connectivity index (χ4v) is 5.03. The third kappa shape index (κ3) is 7.12. The molecule has 210 valence electrons. The van der Waals surface area contributed by atoms with Gasteiger partial charge in [0.1, 0.15) is 20.1 Å².